The molecule has 1 N–H and O–H groups in total. The lowest BCUT2D eigenvalue weighted by molar-refractivity contribution is 0.214. The normalized spacial score (nSPS) is 17.4. The molecule has 138 valence electrons. The minimum atomic E-state index is -0.0214. The second-order valence-corrected chi connectivity index (χ2v) is 9.23. The van der Waals surface area contributed by atoms with Crippen molar-refractivity contribution in [3.05, 3.63) is 64.7 Å². The second-order valence-electron chi connectivity index (χ2n) is 8.04. The predicted octanol–water partition coefficient (Wildman–Crippen LogP) is 5.88. The van der Waals surface area contributed by atoms with Gasteiger partial charge in [-0.2, -0.15) is 0 Å². The smallest absolute Gasteiger partial charge is 0.308 e. The molecule has 1 unspecified atom stereocenters. The van der Waals surface area contributed by atoms with Crippen LogP contribution in [0.4, 0.5) is 10.5 Å². The van der Waals surface area contributed by atoms with E-state index in [1.807, 2.05) is 35.7 Å². The van der Waals surface area contributed by atoms with Gasteiger partial charge in [0.05, 0.1) is 0 Å². The fraction of sp³-hybridized carbons (Fsp3) is 0.409. The molecular weight excluding hydrogens is 340 g/mol. The molecule has 2 aromatic carbocycles. The van der Waals surface area contributed by atoms with Crippen LogP contribution in [-0.2, 0) is 5.41 Å². The average Bonchev–Trinajstić information content (AvgIpc) is 3.06. The Hall–Kier alpha value is -1.94. The first-order valence-electron chi connectivity index (χ1n) is 9.12. The van der Waals surface area contributed by atoms with E-state index in [4.69, 9.17) is 0 Å². The zero-order chi connectivity index (χ0) is 18.9. The van der Waals surface area contributed by atoms with Gasteiger partial charge in [-0.1, -0.05) is 62.7 Å². The first kappa shape index (κ1) is 18.8. The summed E-state index contributed by atoms with van der Waals surface area (Å²) in [4.78, 5) is 14.8. The molecule has 0 aliphatic carbocycles. The third-order valence-electron chi connectivity index (χ3n) is 4.84. The number of nitrogens with one attached hydrogen (secondary N) is 1. The Bertz CT molecular complexity index is 793. The predicted molar refractivity (Wildman–Crippen MR) is 112 cm³/mol. The van der Waals surface area contributed by atoms with Crippen molar-refractivity contribution in [1.29, 1.82) is 0 Å². The van der Waals surface area contributed by atoms with Crippen LogP contribution in [-0.4, -0.2) is 23.2 Å². The highest BCUT2D eigenvalue weighted by Crippen LogP contribution is 2.39. The van der Waals surface area contributed by atoms with Crippen LogP contribution in [0.5, 0.6) is 0 Å². The maximum Gasteiger partial charge on any atom is 0.323 e. The quantitative estimate of drug-likeness (QED) is 0.718. The van der Waals surface area contributed by atoms with Crippen molar-refractivity contribution < 1.29 is 4.79 Å². The summed E-state index contributed by atoms with van der Waals surface area (Å²) in [5, 5.41) is 3.17. The average molecular weight is 369 g/mol. The largest absolute Gasteiger partial charge is 0.323 e. The number of aryl methyl sites for hydroxylation is 2. The van der Waals surface area contributed by atoms with Crippen LogP contribution in [0.15, 0.2) is 42.5 Å². The van der Waals surface area contributed by atoms with E-state index in [-0.39, 0.29) is 16.8 Å². The third kappa shape index (κ3) is 4.07. The van der Waals surface area contributed by atoms with Crippen LogP contribution in [0, 0.1) is 13.8 Å². The summed E-state index contributed by atoms with van der Waals surface area (Å²) in [6.45, 7) is 11.5. The minimum absolute atomic E-state index is 0.0214. The van der Waals surface area contributed by atoms with Gasteiger partial charge in [-0.3, -0.25) is 0 Å². The zero-order valence-corrected chi connectivity index (χ0v) is 17.1. The number of nitrogens with zero attached hydrogens (tertiary/aromatic N) is 1. The first-order chi connectivity index (χ1) is 12.3. The van der Waals surface area contributed by atoms with E-state index < -0.39 is 0 Å². The number of amides is 2. The SMILES string of the molecule is Cc1ccc(NC(=O)N2CCSC2c2ccc(C(C)(C)C)cc2)c(C)c1. The maximum atomic E-state index is 12.9. The Kier molecular flexibility index (Phi) is 5.33. The Balaban J connectivity index is 1.76. The number of hydrogen-bond donors (Lipinski definition) is 1. The van der Waals surface area contributed by atoms with E-state index in [0.717, 1.165) is 23.5 Å². The molecule has 1 aliphatic rings. The molecule has 0 saturated carbocycles. The molecule has 4 heteroatoms. The lowest BCUT2D eigenvalue weighted by Gasteiger charge is -2.26. The number of hydrogen-bond acceptors (Lipinski definition) is 2. The van der Waals surface area contributed by atoms with Crippen LogP contribution in [0.3, 0.4) is 0 Å². The van der Waals surface area contributed by atoms with Crippen LogP contribution in [0.2, 0.25) is 0 Å². The highest BCUT2D eigenvalue weighted by molar-refractivity contribution is 7.99. The van der Waals surface area contributed by atoms with Gasteiger partial charge in [-0.15, -0.1) is 11.8 Å². The van der Waals surface area contributed by atoms with Crippen molar-refractivity contribution in [3.63, 3.8) is 0 Å². The van der Waals surface area contributed by atoms with Crippen molar-refractivity contribution in [2.45, 2.75) is 45.4 Å². The van der Waals surface area contributed by atoms with Gasteiger partial charge in [0.1, 0.15) is 5.37 Å². The molecule has 3 rings (SSSR count). The fourth-order valence-corrected chi connectivity index (χ4v) is 4.50. The molecule has 2 aromatic rings. The van der Waals surface area contributed by atoms with E-state index in [2.05, 4.69) is 63.3 Å². The molecule has 0 aromatic heterocycles. The summed E-state index contributed by atoms with van der Waals surface area (Å²) in [5.41, 5.74) is 5.83. The third-order valence-corrected chi connectivity index (χ3v) is 6.10. The summed E-state index contributed by atoms with van der Waals surface area (Å²) in [7, 11) is 0. The van der Waals surface area contributed by atoms with Crippen LogP contribution in [0.1, 0.15) is 48.4 Å². The van der Waals surface area contributed by atoms with Crippen molar-refractivity contribution in [2.75, 3.05) is 17.6 Å². The van der Waals surface area contributed by atoms with Crippen molar-refractivity contribution >= 4 is 23.5 Å². The van der Waals surface area contributed by atoms with Gasteiger partial charge in [0.15, 0.2) is 0 Å². The molecule has 0 spiro atoms. The number of anilines is 1. The molecule has 1 saturated heterocycles. The van der Waals surface area contributed by atoms with Gasteiger partial charge in [0, 0.05) is 18.0 Å². The Morgan fingerprint density at radius 3 is 2.42 bits per heavy atom. The fourth-order valence-electron chi connectivity index (χ4n) is 3.24. The minimum Gasteiger partial charge on any atom is -0.308 e. The lowest BCUT2D eigenvalue weighted by atomic mass is 9.87. The maximum absolute atomic E-state index is 12.9. The molecule has 1 fully saturated rings. The summed E-state index contributed by atoms with van der Waals surface area (Å²) in [5.74, 6) is 0.964. The molecule has 1 atom stereocenters. The monoisotopic (exact) mass is 368 g/mol. The number of carbonyl (C=O) groups is 1. The summed E-state index contributed by atoms with van der Waals surface area (Å²) in [6.07, 6.45) is 0. The van der Waals surface area contributed by atoms with E-state index in [9.17, 15) is 4.79 Å². The van der Waals surface area contributed by atoms with E-state index in [0.29, 0.717) is 0 Å². The van der Waals surface area contributed by atoms with E-state index >= 15 is 0 Å². The van der Waals surface area contributed by atoms with Crippen LogP contribution in [0.25, 0.3) is 0 Å². The molecule has 0 bridgehead atoms. The summed E-state index contributed by atoms with van der Waals surface area (Å²) in [6, 6.07) is 14.8. The van der Waals surface area contributed by atoms with Gasteiger partial charge in [0.25, 0.3) is 0 Å². The highest BCUT2D eigenvalue weighted by atomic mass is 32.2. The van der Waals surface area contributed by atoms with Crippen LogP contribution >= 0.6 is 11.8 Å². The van der Waals surface area contributed by atoms with E-state index in [1.54, 1.807) is 0 Å². The van der Waals surface area contributed by atoms with Gasteiger partial charge in [-0.05, 0) is 42.0 Å². The Labute approximate surface area is 161 Å². The van der Waals surface area contributed by atoms with Crippen molar-refractivity contribution in [1.82, 2.24) is 4.90 Å². The first-order valence-corrected chi connectivity index (χ1v) is 10.2. The van der Waals surface area contributed by atoms with Crippen molar-refractivity contribution in [2.24, 2.45) is 0 Å². The van der Waals surface area contributed by atoms with Crippen molar-refractivity contribution in [3.8, 4) is 0 Å². The number of rotatable bonds is 2. The standard InChI is InChI=1S/C22H28N2OS/c1-15-6-11-19(16(2)14-15)23-21(25)24-12-13-26-20(24)17-7-9-18(10-8-17)22(3,4)5/h6-11,14,20H,12-13H2,1-5H3,(H,23,25). The molecule has 1 aliphatic heterocycles. The van der Waals surface area contributed by atoms with Gasteiger partial charge in [-0.25, -0.2) is 4.79 Å². The summed E-state index contributed by atoms with van der Waals surface area (Å²) >= 11 is 1.83. The topological polar surface area (TPSA) is 32.3 Å². The van der Waals surface area contributed by atoms with Crippen LogP contribution < -0.4 is 5.32 Å². The Morgan fingerprint density at radius 1 is 1.12 bits per heavy atom. The zero-order valence-electron chi connectivity index (χ0n) is 16.3. The number of urea groups is 1. The van der Waals surface area contributed by atoms with E-state index in [1.165, 1.54) is 16.7 Å². The Morgan fingerprint density at radius 2 is 1.81 bits per heavy atom. The number of thioether (sulfide) groups is 1. The molecule has 3 nitrogen and oxygen atoms in total. The second kappa shape index (κ2) is 7.36. The molecule has 2 amide bonds. The number of benzene rings is 2. The van der Waals surface area contributed by atoms with Gasteiger partial charge < -0.3 is 10.2 Å². The van der Waals surface area contributed by atoms with Gasteiger partial charge >= 0.3 is 6.03 Å². The molecular formula is C22H28N2OS. The molecule has 0 radical (unpaired) electrons. The molecule has 1 heterocycles. The number of carbonyl (C=O) groups excluding carboxylic acids is 1. The van der Waals surface area contributed by atoms with Gasteiger partial charge in [0.2, 0.25) is 0 Å². The highest BCUT2D eigenvalue weighted by Gasteiger charge is 2.31. The lowest BCUT2D eigenvalue weighted by Crippen LogP contribution is -2.34. The summed E-state index contributed by atoms with van der Waals surface area (Å²) < 4.78 is 0. The molecule has 26 heavy (non-hydrogen) atoms.